The smallest absolute Gasteiger partial charge is 0.212 e. The molecule has 0 saturated heterocycles. The van der Waals surface area contributed by atoms with Crippen LogP contribution in [0.2, 0.25) is 0 Å². The van der Waals surface area contributed by atoms with Crippen molar-refractivity contribution in [3.05, 3.63) is 23.9 Å². The van der Waals surface area contributed by atoms with Gasteiger partial charge in [0.05, 0.1) is 7.11 Å². The van der Waals surface area contributed by atoms with Crippen molar-refractivity contribution in [2.75, 3.05) is 7.11 Å². The summed E-state index contributed by atoms with van der Waals surface area (Å²) in [4.78, 5) is 15.5. The number of hydrogen-bond acceptors (Lipinski definition) is 3. The molecule has 1 aliphatic carbocycles. The lowest BCUT2D eigenvalue weighted by molar-refractivity contribution is -0.121. The van der Waals surface area contributed by atoms with Crippen molar-refractivity contribution >= 4 is 5.78 Å². The summed E-state index contributed by atoms with van der Waals surface area (Å²) < 4.78 is 5.04. The first kappa shape index (κ1) is 11.1. The zero-order chi connectivity index (χ0) is 11.6. The number of Topliss-reactive ketones (excluding diaryl/α,β-unsaturated/α-hetero) is 1. The highest BCUT2D eigenvalue weighted by atomic mass is 16.5. The van der Waals surface area contributed by atoms with Crippen LogP contribution in [-0.4, -0.2) is 17.9 Å². The molecule has 2 rings (SSSR count). The molecule has 0 atom stereocenters. The molecule has 0 N–H and O–H groups in total. The van der Waals surface area contributed by atoms with Crippen molar-refractivity contribution in [1.29, 1.82) is 0 Å². The van der Waals surface area contributed by atoms with Crippen molar-refractivity contribution in [3.63, 3.8) is 0 Å². The quantitative estimate of drug-likeness (QED) is 0.767. The van der Waals surface area contributed by atoms with E-state index in [1.165, 1.54) is 5.56 Å². The fourth-order valence-electron chi connectivity index (χ4n) is 2.23. The third kappa shape index (κ3) is 2.08. The van der Waals surface area contributed by atoms with Crippen molar-refractivity contribution in [2.24, 2.45) is 0 Å². The van der Waals surface area contributed by atoms with Gasteiger partial charge < -0.3 is 4.74 Å². The SMILES string of the molecule is COc1ccc(C2(C)CCC(=O)CC2)cn1. The molecule has 1 saturated carbocycles. The van der Waals surface area contributed by atoms with E-state index in [1.807, 2.05) is 12.3 Å². The third-order valence-corrected chi connectivity index (χ3v) is 3.55. The van der Waals surface area contributed by atoms with Crippen LogP contribution in [-0.2, 0) is 10.2 Å². The molecule has 1 fully saturated rings. The van der Waals surface area contributed by atoms with Crippen LogP contribution in [0.3, 0.4) is 0 Å². The second-order valence-electron chi connectivity index (χ2n) is 4.69. The summed E-state index contributed by atoms with van der Waals surface area (Å²) in [5.41, 5.74) is 1.31. The number of pyridine rings is 1. The summed E-state index contributed by atoms with van der Waals surface area (Å²) in [6, 6.07) is 3.94. The molecule has 1 heterocycles. The Morgan fingerprint density at radius 1 is 1.31 bits per heavy atom. The van der Waals surface area contributed by atoms with E-state index in [-0.39, 0.29) is 5.41 Å². The van der Waals surface area contributed by atoms with Crippen LogP contribution >= 0.6 is 0 Å². The van der Waals surface area contributed by atoms with Crippen LogP contribution in [0.4, 0.5) is 0 Å². The van der Waals surface area contributed by atoms with Gasteiger partial charge >= 0.3 is 0 Å². The van der Waals surface area contributed by atoms with Gasteiger partial charge in [0.1, 0.15) is 5.78 Å². The maximum Gasteiger partial charge on any atom is 0.212 e. The van der Waals surface area contributed by atoms with Gasteiger partial charge in [-0.2, -0.15) is 0 Å². The first-order valence-corrected chi connectivity index (χ1v) is 5.66. The number of rotatable bonds is 2. The number of ketones is 1. The van der Waals surface area contributed by atoms with Crippen molar-refractivity contribution in [3.8, 4) is 5.88 Å². The van der Waals surface area contributed by atoms with Crippen molar-refractivity contribution in [2.45, 2.75) is 38.0 Å². The van der Waals surface area contributed by atoms with Crippen LogP contribution in [0.1, 0.15) is 38.2 Å². The molecular formula is C13H17NO2. The molecule has 0 radical (unpaired) electrons. The molecular weight excluding hydrogens is 202 g/mol. The Balaban J connectivity index is 2.19. The second-order valence-corrected chi connectivity index (χ2v) is 4.69. The third-order valence-electron chi connectivity index (χ3n) is 3.55. The normalized spacial score (nSPS) is 19.5. The van der Waals surface area contributed by atoms with Gasteiger partial charge in [0, 0.05) is 25.1 Å². The van der Waals surface area contributed by atoms with E-state index in [9.17, 15) is 4.79 Å². The standard InChI is InChI=1S/C13H17NO2/c1-13(7-5-11(15)6-8-13)10-3-4-12(16-2)14-9-10/h3-4,9H,5-8H2,1-2H3. The monoisotopic (exact) mass is 219 g/mol. The van der Waals surface area contributed by atoms with Crippen molar-refractivity contribution in [1.82, 2.24) is 4.98 Å². The minimum atomic E-state index is 0.104. The molecule has 0 bridgehead atoms. The maximum atomic E-state index is 11.2. The Morgan fingerprint density at radius 3 is 2.50 bits per heavy atom. The summed E-state index contributed by atoms with van der Waals surface area (Å²) >= 11 is 0. The molecule has 86 valence electrons. The molecule has 0 aliphatic heterocycles. The summed E-state index contributed by atoms with van der Waals surface area (Å²) in [5, 5.41) is 0. The topological polar surface area (TPSA) is 39.2 Å². The van der Waals surface area contributed by atoms with Crippen LogP contribution < -0.4 is 4.74 Å². The molecule has 0 amide bonds. The largest absolute Gasteiger partial charge is 0.481 e. The number of nitrogens with zero attached hydrogens (tertiary/aromatic N) is 1. The van der Waals surface area contributed by atoms with E-state index in [4.69, 9.17) is 4.74 Å². The lowest BCUT2D eigenvalue weighted by atomic mass is 9.71. The number of methoxy groups -OCH3 is 1. The maximum absolute atomic E-state index is 11.2. The molecule has 3 heteroatoms. The number of aromatic nitrogens is 1. The number of ether oxygens (including phenoxy) is 1. The number of carbonyl (C=O) groups excluding carboxylic acids is 1. The molecule has 1 aromatic rings. The van der Waals surface area contributed by atoms with E-state index in [0.717, 1.165) is 12.8 Å². The van der Waals surface area contributed by atoms with Gasteiger partial charge in [-0.15, -0.1) is 0 Å². The number of carbonyl (C=O) groups is 1. The van der Waals surface area contributed by atoms with Gasteiger partial charge in [-0.25, -0.2) is 4.98 Å². The number of hydrogen-bond donors (Lipinski definition) is 0. The predicted molar refractivity (Wildman–Crippen MR) is 61.6 cm³/mol. The molecule has 0 spiro atoms. The summed E-state index contributed by atoms with van der Waals surface area (Å²) in [6.07, 6.45) is 5.12. The van der Waals surface area contributed by atoms with Crippen molar-refractivity contribution < 1.29 is 9.53 Å². The Hall–Kier alpha value is -1.38. The fourth-order valence-corrected chi connectivity index (χ4v) is 2.23. The first-order chi connectivity index (χ1) is 7.64. The predicted octanol–water partition coefficient (Wildman–Crippen LogP) is 2.49. The van der Waals surface area contributed by atoms with Gasteiger partial charge in [-0.1, -0.05) is 13.0 Å². The summed E-state index contributed by atoms with van der Waals surface area (Å²) in [5.74, 6) is 1.03. The zero-order valence-corrected chi connectivity index (χ0v) is 9.82. The summed E-state index contributed by atoms with van der Waals surface area (Å²) in [6.45, 7) is 2.21. The highest BCUT2D eigenvalue weighted by Gasteiger charge is 2.31. The molecule has 0 aromatic carbocycles. The van der Waals surface area contributed by atoms with Gasteiger partial charge in [0.15, 0.2) is 0 Å². The second kappa shape index (κ2) is 4.24. The Bertz CT molecular complexity index is 373. The Labute approximate surface area is 95.8 Å². The lowest BCUT2D eigenvalue weighted by Crippen LogP contribution is -2.28. The fraction of sp³-hybridized carbons (Fsp3) is 0.538. The van der Waals surface area contributed by atoms with Gasteiger partial charge in [-0.3, -0.25) is 4.79 Å². The summed E-state index contributed by atoms with van der Waals surface area (Å²) in [7, 11) is 1.61. The van der Waals surface area contributed by atoms with E-state index in [2.05, 4.69) is 18.0 Å². The Kier molecular flexibility index (Phi) is 2.95. The molecule has 16 heavy (non-hydrogen) atoms. The van der Waals surface area contributed by atoms with Gasteiger partial charge in [0.2, 0.25) is 5.88 Å². The van der Waals surface area contributed by atoms with E-state index >= 15 is 0 Å². The van der Waals surface area contributed by atoms with E-state index < -0.39 is 0 Å². The average Bonchev–Trinajstić information content (AvgIpc) is 2.33. The van der Waals surface area contributed by atoms with Crippen LogP contribution in [0, 0.1) is 0 Å². The van der Waals surface area contributed by atoms with E-state index in [1.54, 1.807) is 7.11 Å². The highest BCUT2D eigenvalue weighted by Crippen LogP contribution is 2.37. The average molecular weight is 219 g/mol. The Morgan fingerprint density at radius 2 is 2.00 bits per heavy atom. The van der Waals surface area contributed by atoms with Crippen LogP contribution in [0.5, 0.6) is 5.88 Å². The molecule has 0 unspecified atom stereocenters. The van der Waals surface area contributed by atoms with Crippen LogP contribution in [0.25, 0.3) is 0 Å². The highest BCUT2D eigenvalue weighted by molar-refractivity contribution is 5.79. The minimum absolute atomic E-state index is 0.104. The first-order valence-electron chi connectivity index (χ1n) is 5.66. The molecule has 3 nitrogen and oxygen atoms in total. The van der Waals surface area contributed by atoms with E-state index in [0.29, 0.717) is 24.5 Å². The van der Waals surface area contributed by atoms with Gasteiger partial charge in [-0.05, 0) is 23.8 Å². The van der Waals surface area contributed by atoms with Crippen LogP contribution in [0.15, 0.2) is 18.3 Å². The lowest BCUT2D eigenvalue weighted by Gasteiger charge is -2.33. The molecule has 1 aromatic heterocycles. The zero-order valence-electron chi connectivity index (χ0n) is 9.82. The minimum Gasteiger partial charge on any atom is -0.481 e. The van der Waals surface area contributed by atoms with Gasteiger partial charge in [0.25, 0.3) is 0 Å². The molecule has 1 aliphatic rings.